The van der Waals surface area contributed by atoms with Gasteiger partial charge in [0.1, 0.15) is 23.2 Å². The highest BCUT2D eigenvalue weighted by Crippen LogP contribution is 2.39. The van der Waals surface area contributed by atoms with Crippen LogP contribution in [0.4, 0.5) is 10.5 Å². The van der Waals surface area contributed by atoms with E-state index in [2.05, 4.69) is 10.3 Å². The average Bonchev–Trinajstić information content (AvgIpc) is 2.71. The molecule has 132 valence electrons. The summed E-state index contributed by atoms with van der Waals surface area (Å²) in [4.78, 5) is 40.9. The zero-order valence-corrected chi connectivity index (χ0v) is 14.8. The third-order valence-electron chi connectivity index (χ3n) is 3.72. The maximum atomic E-state index is 12.7. The number of amides is 1. The first-order valence-corrected chi connectivity index (χ1v) is 7.66. The Morgan fingerprint density at radius 3 is 2.54 bits per heavy atom. The molecule has 0 aromatic carbocycles. The Morgan fingerprint density at radius 1 is 1.38 bits per heavy atom. The normalized spacial score (nSPS) is 18.7. The molecule has 1 atom stereocenters. The van der Waals surface area contributed by atoms with Crippen LogP contribution in [-0.4, -0.2) is 34.3 Å². The van der Waals surface area contributed by atoms with E-state index < -0.39 is 34.7 Å². The van der Waals surface area contributed by atoms with Crippen molar-refractivity contribution in [2.45, 2.75) is 58.1 Å². The molecule has 1 aromatic heterocycles. The highest BCUT2D eigenvalue weighted by Gasteiger charge is 2.43. The molecular weight excluding hydrogens is 314 g/mol. The lowest BCUT2D eigenvalue weighted by molar-refractivity contribution is -0.144. The van der Waals surface area contributed by atoms with Crippen LogP contribution in [0.3, 0.4) is 0 Å². The number of fused-ring (bicyclic) bond motifs is 1. The van der Waals surface area contributed by atoms with E-state index in [9.17, 15) is 14.4 Å². The Labute approximate surface area is 140 Å². The van der Waals surface area contributed by atoms with E-state index in [1.165, 1.54) is 17.9 Å². The molecule has 2 heterocycles. The van der Waals surface area contributed by atoms with Crippen LogP contribution < -0.4 is 10.9 Å². The van der Waals surface area contributed by atoms with Gasteiger partial charge < -0.3 is 9.47 Å². The second-order valence-corrected chi connectivity index (χ2v) is 7.42. The van der Waals surface area contributed by atoms with Gasteiger partial charge in [0.15, 0.2) is 0 Å². The van der Waals surface area contributed by atoms with Crippen molar-refractivity contribution in [1.82, 2.24) is 9.55 Å². The molecule has 0 radical (unpaired) electrons. The summed E-state index contributed by atoms with van der Waals surface area (Å²) in [6, 6.07) is -0.764. The minimum absolute atomic E-state index is 0.0420. The fourth-order valence-electron chi connectivity index (χ4n) is 2.75. The van der Waals surface area contributed by atoms with Gasteiger partial charge in [0.05, 0.1) is 13.3 Å². The highest BCUT2D eigenvalue weighted by atomic mass is 16.6. The molecule has 1 aromatic rings. The van der Waals surface area contributed by atoms with E-state index in [0.29, 0.717) is 12.2 Å². The smallest absolute Gasteiger partial charge is 0.412 e. The van der Waals surface area contributed by atoms with Gasteiger partial charge in [-0.1, -0.05) is 13.8 Å². The van der Waals surface area contributed by atoms with Gasteiger partial charge in [-0.25, -0.2) is 14.6 Å². The Balaban J connectivity index is 2.41. The number of anilines is 1. The molecule has 0 bridgehead atoms. The van der Waals surface area contributed by atoms with Crippen LogP contribution in [0.25, 0.3) is 0 Å². The summed E-state index contributed by atoms with van der Waals surface area (Å²) in [5, 5.41) is 2.39. The molecule has 8 nitrogen and oxygen atoms in total. The molecule has 0 spiro atoms. The number of hydrogen-bond acceptors (Lipinski definition) is 6. The molecule has 24 heavy (non-hydrogen) atoms. The number of methoxy groups -OCH3 is 1. The van der Waals surface area contributed by atoms with Crippen LogP contribution in [0, 0.1) is 0 Å². The first-order chi connectivity index (χ1) is 11.0. The van der Waals surface area contributed by atoms with Gasteiger partial charge in [0, 0.05) is 5.41 Å². The van der Waals surface area contributed by atoms with Gasteiger partial charge in [0.25, 0.3) is 5.56 Å². The number of nitrogens with one attached hydrogen (secondary N) is 1. The molecule has 2 rings (SSSR count). The van der Waals surface area contributed by atoms with E-state index in [1.54, 1.807) is 20.8 Å². The Morgan fingerprint density at radius 2 is 2.00 bits per heavy atom. The quantitative estimate of drug-likeness (QED) is 0.829. The summed E-state index contributed by atoms with van der Waals surface area (Å²) < 4.78 is 11.2. The first kappa shape index (κ1) is 18.0. The summed E-state index contributed by atoms with van der Waals surface area (Å²) in [6.45, 7) is 8.95. The van der Waals surface area contributed by atoms with E-state index in [4.69, 9.17) is 9.47 Å². The van der Waals surface area contributed by atoms with Gasteiger partial charge in [-0.05, 0) is 27.2 Å². The van der Waals surface area contributed by atoms with Crippen LogP contribution in [0.1, 0.15) is 52.9 Å². The van der Waals surface area contributed by atoms with Gasteiger partial charge in [0.2, 0.25) is 0 Å². The number of ether oxygens (including phenoxy) is 2. The Bertz CT molecular complexity index is 730. The highest BCUT2D eigenvalue weighted by molar-refractivity contribution is 5.84. The molecule has 1 N–H and O–H groups in total. The van der Waals surface area contributed by atoms with Crippen LogP contribution in [0.2, 0.25) is 0 Å². The monoisotopic (exact) mass is 337 g/mol. The summed E-state index contributed by atoms with van der Waals surface area (Å²) in [5.74, 6) is -0.0298. The summed E-state index contributed by atoms with van der Waals surface area (Å²) >= 11 is 0. The number of rotatable bonds is 2. The fraction of sp³-hybridized carbons (Fsp3) is 0.625. The maximum Gasteiger partial charge on any atom is 0.412 e. The van der Waals surface area contributed by atoms with Crippen LogP contribution >= 0.6 is 0 Å². The minimum atomic E-state index is -0.764. The van der Waals surface area contributed by atoms with Crippen LogP contribution in [-0.2, 0) is 19.7 Å². The van der Waals surface area contributed by atoms with Crippen molar-refractivity contribution in [3.05, 3.63) is 22.4 Å². The summed E-state index contributed by atoms with van der Waals surface area (Å²) in [7, 11) is 1.27. The van der Waals surface area contributed by atoms with E-state index in [-0.39, 0.29) is 5.69 Å². The van der Waals surface area contributed by atoms with Gasteiger partial charge >= 0.3 is 12.1 Å². The topological polar surface area (TPSA) is 99.5 Å². The van der Waals surface area contributed by atoms with Crippen LogP contribution in [0.15, 0.2) is 11.0 Å². The SMILES string of the molecule is COC(=O)[C@@H]1CC(C)(C)c2ncc(NC(=O)OC(C)(C)C)c(=O)n21. The van der Waals surface area contributed by atoms with Crippen molar-refractivity contribution in [3.8, 4) is 0 Å². The minimum Gasteiger partial charge on any atom is -0.467 e. The Kier molecular flexibility index (Phi) is 4.43. The van der Waals surface area contributed by atoms with E-state index in [1.807, 2.05) is 13.8 Å². The molecule has 0 fully saturated rings. The summed E-state index contributed by atoms with van der Waals surface area (Å²) in [6.07, 6.45) is 0.936. The number of aromatic nitrogens is 2. The Hall–Kier alpha value is -2.38. The van der Waals surface area contributed by atoms with Crippen molar-refractivity contribution in [1.29, 1.82) is 0 Å². The molecule has 0 saturated carbocycles. The van der Waals surface area contributed by atoms with E-state index >= 15 is 0 Å². The molecular formula is C16H23N3O5. The van der Waals surface area contributed by atoms with Crippen LogP contribution in [0.5, 0.6) is 0 Å². The molecule has 0 unspecified atom stereocenters. The standard InChI is InChI=1S/C16H23N3O5/c1-15(2,3)24-14(22)18-9-8-17-13-16(4,5)7-10(12(21)23-6)19(13)11(9)20/h8,10H,7H2,1-6H3,(H,18,22)/t10-/m0/s1. The van der Waals surface area contributed by atoms with E-state index in [0.717, 1.165) is 0 Å². The zero-order valence-electron chi connectivity index (χ0n) is 14.8. The maximum absolute atomic E-state index is 12.7. The second kappa shape index (κ2) is 5.92. The van der Waals surface area contributed by atoms with Crippen molar-refractivity contribution in [2.75, 3.05) is 12.4 Å². The second-order valence-electron chi connectivity index (χ2n) is 7.42. The molecule has 1 aliphatic rings. The lowest BCUT2D eigenvalue weighted by Gasteiger charge is -2.20. The van der Waals surface area contributed by atoms with Crippen molar-refractivity contribution < 1.29 is 19.1 Å². The molecule has 1 amide bonds. The van der Waals surface area contributed by atoms with Gasteiger partial charge in [-0.3, -0.25) is 14.7 Å². The lowest BCUT2D eigenvalue weighted by atomic mass is 9.89. The van der Waals surface area contributed by atoms with Gasteiger partial charge in [-0.15, -0.1) is 0 Å². The largest absolute Gasteiger partial charge is 0.467 e. The fourth-order valence-corrected chi connectivity index (χ4v) is 2.75. The number of hydrogen-bond donors (Lipinski definition) is 1. The number of carbonyl (C=O) groups is 2. The number of esters is 1. The molecule has 1 aliphatic heterocycles. The third-order valence-corrected chi connectivity index (χ3v) is 3.72. The van der Waals surface area contributed by atoms with Crippen molar-refractivity contribution in [3.63, 3.8) is 0 Å². The predicted octanol–water partition coefficient (Wildman–Crippen LogP) is 1.99. The first-order valence-electron chi connectivity index (χ1n) is 7.66. The summed E-state index contributed by atoms with van der Waals surface area (Å²) in [5.41, 5.74) is -1.70. The van der Waals surface area contributed by atoms with Crippen molar-refractivity contribution in [2.24, 2.45) is 0 Å². The van der Waals surface area contributed by atoms with Gasteiger partial charge in [-0.2, -0.15) is 0 Å². The molecule has 0 aliphatic carbocycles. The third kappa shape index (κ3) is 3.42. The average molecular weight is 337 g/mol. The zero-order chi connectivity index (χ0) is 18.3. The van der Waals surface area contributed by atoms with Crippen molar-refractivity contribution >= 4 is 17.7 Å². The lowest BCUT2D eigenvalue weighted by Crippen LogP contribution is -2.34. The number of carbonyl (C=O) groups excluding carboxylic acids is 2. The predicted molar refractivity (Wildman–Crippen MR) is 87.0 cm³/mol. The molecule has 0 saturated heterocycles. The number of nitrogens with zero attached hydrogens (tertiary/aromatic N) is 2. The molecule has 8 heteroatoms.